The van der Waals surface area contributed by atoms with E-state index >= 15 is 0 Å². The van der Waals surface area contributed by atoms with E-state index in [2.05, 4.69) is 13.6 Å². The maximum atomic E-state index is 11.5. The van der Waals surface area contributed by atoms with Gasteiger partial charge < -0.3 is 9.22 Å². The van der Waals surface area contributed by atoms with Crippen molar-refractivity contribution in [1.82, 2.24) is 0 Å². The molecule has 3 atom stereocenters. The van der Waals surface area contributed by atoms with Gasteiger partial charge in [0, 0.05) is 17.9 Å². The molecule has 2 saturated heterocycles. The fourth-order valence-electron chi connectivity index (χ4n) is 3.73. The molecule has 102 valence electrons. The third kappa shape index (κ3) is 2.77. The van der Waals surface area contributed by atoms with E-state index in [9.17, 15) is 4.79 Å². The summed E-state index contributed by atoms with van der Waals surface area (Å²) in [6.45, 7) is 8.54. The monoisotopic (exact) mass is 252 g/mol. The summed E-state index contributed by atoms with van der Waals surface area (Å²) in [7, 11) is 2.39. The Labute approximate surface area is 110 Å². The first kappa shape index (κ1) is 13.6. The molecule has 0 amide bonds. The molecule has 0 N–H and O–H groups in total. The Hall–Kier alpha value is -0.830. The lowest BCUT2D eigenvalue weighted by molar-refractivity contribution is -0.947. The molecule has 0 unspecified atom stereocenters. The summed E-state index contributed by atoms with van der Waals surface area (Å²) in [5, 5.41) is 0. The van der Waals surface area contributed by atoms with E-state index in [1.54, 1.807) is 6.92 Å². The molecule has 2 aliphatic rings. The van der Waals surface area contributed by atoms with Gasteiger partial charge in [-0.15, -0.1) is 0 Å². The lowest BCUT2D eigenvalue weighted by Crippen LogP contribution is -2.61. The Bertz CT molecular complexity index is 335. The maximum absolute atomic E-state index is 11.5. The number of hydrogen-bond donors (Lipinski definition) is 0. The van der Waals surface area contributed by atoms with Crippen molar-refractivity contribution < 1.29 is 14.0 Å². The predicted molar refractivity (Wildman–Crippen MR) is 72.1 cm³/mol. The SMILES string of the molecule is C=C(C)C(=O)OC[C@@H]1CCC[N@@+]2(C)CCCC[C@H]12. The van der Waals surface area contributed by atoms with Crippen molar-refractivity contribution in [2.75, 3.05) is 26.7 Å². The first-order valence-electron chi connectivity index (χ1n) is 7.20. The number of fused-ring (bicyclic) bond motifs is 1. The first-order chi connectivity index (χ1) is 8.53. The van der Waals surface area contributed by atoms with Gasteiger partial charge in [-0.3, -0.25) is 0 Å². The second-order valence-corrected chi connectivity index (χ2v) is 6.27. The number of nitrogens with zero attached hydrogens (tertiary/aromatic N) is 1. The van der Waals surface area contributed by atoms with Gasteiger partial charge in [-0.25, -0.2) is 4.79 Å². The molecule has 2 fully saturated rings. The molecule has 0 bridgehead atoms. The van der Waals surface area contributed by atoms with Gasteiger partial charge in [0.15, 0.2) is 0 Å². The Balaban J connectivity index is 1.95. The molecule has 2 heterocycles. The molecule has 3 nitrogen and oxygen atoms in total. The van der Waals surface area contributed by atoms with Crippen LogP contribution in [-0.4, -0.2) is 43.2 Å². The van der Waals surface area contributed by atoms with Crippen molar-refractivity contribution in [2.45, 2.75) is 45.1 Å². The van der Waals surface area contributed by atoms with Crippen molar-refractivity contribution in [1.29, 1.82) is 0 Å². The molecule has 18 heavy (non-hydrogen) atoms. The van der Waals surface area contributed by atoms with Crippen LogP contribution >= 0.6 is 0 Å². The van der Waals surface area contributed by atoms with Gasteiger partial charge in [-0.1, -0.05) is 6.58 Å². The number of esters is 1. The summed E-state index contributed by atoms with van der Waals surface area (Å²) >= 11 is 0. The zero-order chi connectivity index (χ0) is 13.2. The molecule has 0 saturated carbocycles. The summed E-state index contributed by atoms with van der Waals surface area (Å²) in [6.07, 6.45) is 6.46. The van der Waals surface area contributed by atoms with Crippen LogP contribution in [0.1, 0.15) is 39.0 Å². The normalized spacial score (nSPS) is 35.7. The highest BCUT2D eigenvalue weighted by Crippen LogP contribution is 2.36. The van der Waals surface area contributed by atoms with Crippen LogP contribution < -0.4 is 0 Å². The number of carbonyl (C=O) groups is 1. The van der Waals surface area contributed by atoms with Gasteiger partial charge in [0.25, 0.3) is 0 Å². The molecular formula is C15H26NO2+. The lowest BCUT2D eigenvalue weighted by Gasteiger charge is -2.51. The Morgan fingerprint density at radius 2 is 2.00 bits per heavy atom. The fraction of sp³-hybridized carbons (Fsp3) is 0.800. The van der Waals surface area contributed by atoms with E-state index in [0.717, 1.165) is 0 Å². The van der Waals surface area contributed by atoms with Crippen molar-refractivity contribution in [2.24, 2.45) is 5.92 Å². The van der Waals surface area contributed by atoms with Crippen LogP contribution in [0.25, 0.3) is 0 Å². The summed E-state index contributed by atoms with van der Waals surface area (Å²) in [5.74, 6) is 0.318. The number of carbonyl (C=O) groups excluding carboxylic acids is 1. The summed E-state index contributed by atoms with van der Waals surface area (Å²) in [5.41, 5.74) is 0.506. The zero-order valence-corrected chi connectivity index (χ0v) is 11.8. The Morgan fingerprint density at radius 1 is 1.28 bits per heavy atom. The molecule has 0 aliphatic carbocycles. The highest BCUT2D eigenvalue weighted by molar-refractivity contribution is 5.86. The largest absolute Gasteiger partial charge is 0.462 e. The van der Waals surface area contributed by atoms with Crippen LogP contribution in [0.15, 0.2) is 12.2 Å². The fourth-order valence-corrected chi connectivity index (χ4v) is 3.73. The standard InChI is InChI=1S/C15H26NO2/c1-12(2)15(17)18-11-13-7-6-10-16(3)9-5-4-8-14(13)16/h13-14H,1,4-11H2,2-3H3/q+1/t13-,14+,16+/m0/s1. The summed E-state index contributed by atoms with van der Waals surface area (Å²) in [4.78, 5) is 11.5. The van der Waals surface area contributed by atoms with Crippen LogP contribution in [0, 0.1) is 5.92 Å². The zero-order valence-electron chi connectivity index (χ0n) is 11.8. The average Bonchev–Trinajstić information content (AvgIpc) is 2.34. The van der Waals surface area contributed by atoms with E-state index in [1.807, 2.05) is 0 Å². The van der Waals surface area contributed by atoms with Crippen LogP contribution in [0.2, 0.25) is 0 Å². The molecule has 2 rings (SSSR count). The molecule has 0 spiro atoms. The van der Waals surface area contributed by atoms with Gasteiger partial charge in [0.2, 0.25) is 0 Å². The third-order valence-electron chi connectivity index (χ3n) is 4.78. The van der Waals surface area contributed by atoms with Crippen molar-refractivity contribution in [3.63, 3.8) is 0 Å². The molecular weight excluding hydrogens is 226 g/mol. The van der Waals surface area contributed by atoms with Gasteiger partial charge in [0.05, 0.1) is 26.2 Å². The number of piperidine rings is 2. The first-order valence-corrected chi connectivity index (χ1v) is 7.20. The second-order valence-electron chi connectivity index (χ2n) is 6.27. The highest BCUT2D eigenvalue weighted by atomic mass is 16.5. The second kappa shape index (κ2) is 5.43. The highest BCUT2D eigenvalue weighted by Gasteiger charge is 2.43. The van der Waals surface area contributed by atoms with E-state index < -0.39 is 0 Å². The van der Waals surface area contributed by atoms with E-state index in [1.165, 1.54) is 49.7 Å². The van der Waals surface area contributed by atoms with Crippen LogP contribution in [0.3, 0.4) is 0 Å². The minimum absolute atomic E-state index is 0.231. The molecule has 0 aromatic rings. The van der Waals surface area contributed by atoms with Crippen LogP contribution in [0.4, 0.5) is 0 Å². The quantitative estimate of drug-likeness (QED) is 0.438. The maximum Gasteiger partial charge on any atom is 0.333 e. The lowest BCUT2D eigenvalue weighted by atomic mass is 9.82. The number of hydrogen-bond acceptors (Lipinski definition) is 2. The van der Waals surface area contributed by atoms with E-state index in [4.69, 9.17) is 4.74 Å². The van der Waals surface area contributed by atoms with E-state index in [-0.39, 0.29) is 5.97 Å². The van der Waals surface area contributed by atoms with Gasteiger partial charge >= 0.3 is 5.97 Å². The molecule has 3 heteroatoms. The van der Waals surface area contributed by atoms with Gasteiger partial charge in [-0.2, -0.15) is 0 Å². The van der Waals surface area contributed by atoms with E-state index in [0.29, 0.717) is 24.1 Å². The summed E-state index contributed by atoms with van der Waals surface area (Å²) < 4.78 is 6.59. The smallest absolute Gasteiger partial charge is 0.333 e. The topological polar surface area (TPSA) is 26.3 Å². The molecule has 0 aromatic carbocycles. The average molecular weight is 252 g/mol. The van der Waals surface area contributed by atoms with Crippen molar-refractivity contribution in [3.8, 4) is 0 Å². The molecule has 2 aliphatic heterocycles. The minimum Gasteiger partial charge on any atom is -0.462 e. The molecule has 0 aromatic heterocycles. The Morgan fingerprint density at radius 3 is 2.72 bits per heavy atom. The Kier molecular flexibility index (Phi) is 4.10. The van der Waals surface area contributed by atoms with Crippen LogP contribution in [0.5, 0.6) is 0 Å². The van der Waals surface area contributed by atoms with Crippen LogP contribution in [-0.2, 0) is 9.53 Å². The molecule has 0 radical (unpaired) electrons. The van der Waals surface area contributed by atoms with Crippen molar-refractivity contribution >= 4 is 5.97 Å². The number of ether oxygens (including phenoxy) is 1. The number of rotatable bonds is 3. The van der Waals surface area contributed by atoms with Crippen molar-refractivity contribution in [3.05, 3.63) is 12.2 Å². The number of quaternary nitrogens is 1. The minimum atomic E-state index is -0.231. The van der Waals surface area contributed by atoms with Gasteiger partial charge in [0.1, 0.15) is 6.61 Å². The summed E-state index contributed by atoms with van der Waals surface area (Å²) in [6, 6.07) is 0.699. The third-order valence-corrected chi connectivity index (χ3v) is 4.78. The van der Waals surface area contributed by atoms with Gasteiger partial charge in [-0.05, 0) is 32.6 Å². The predicted octanol–water partition coefficient (Wildman–Crippen LogP) is 2.51.